The van der Waals surface area contributed by atoms with E-state index in [0.29, 0.717) is 36.0 Å². The Labute approximate surface area is 266 Å². The number of likely N-dealkylation sites (tertiary alicyclic amines) is 1. The number of amides is 2. The van der Waals surface area contributed by atoms with Crippen molar-refractivity contribution in [2.75, 3.05) is 20.1 Å². The molecule has 2 amide bonds. The Balaban J connectivity index is 1.30. The lowest BCUT2D eigenvalue weighted by molar-refractivity contribution is -0.867. The van der Waals surface area contributed by atoms with Gasteiger partial charge in [0.05, 0.1) is 24.0 Å². The average molecular weight is 630 g/mol. The van der Waals surface area contributed by atoms with E-state index >= 15 is 0 Å². The van der Waals surface area contributed by atoms with Gasteiger partial charge in [-0.3, -0.25) is 14.6 Å². The van der Waals surface area contributed by atoms with Gasteiger partial charge in [0.25, 0.3) is 5.91 Å². The zero-order chi connectivity index (χ0) is 31.2. The fourth-order valence-corrected chi connectivity index (χ4v) is 10.1. The van der Waals surface area contributed by atoms with Crippen LogP contribution in [-0.4, -0.2) is 67.2 Å². The van der Waals surface area contributed by atoms with Crippen molar-refractivity contribution < 1.29 is 22.9 Å². The molecule has 4 heterocycles. The van der Waals surface area contributed by atoms with E-state index < -0.39 is 26.6 Å². The van der Waals surface area contributed by atoms with Crippen molar-refractivity contribution in [3.63, 3.8) is 0 Å². The zero-order valence-electron chi connectivity index (χ0n) is 26.6. The van der Waals surface area contributed by atoms with Gasteiger partial charge in [-0.2, -0.15) is 0 Å². The molecular weight excluding hydrogens is 584 g/mol. The van der Waals surface area contributed by atoms with Crippen molar-refractivity contribution in [3.05, 3.63) is 59.2 Å². The average Bonchev–Trinajstić information content (AvgIpc) is 3.61. The number of benzene rings is 2. The molecule has 45 heavy (non-hydrogen) atoms. The molecule has 0 spiro atoms. The zero-order valence-corrected chi connectivity index (χ0v) is 27.5. The van der Waals surface area contributed by atoms with Gasteiger partial charge in [0.15, 0.2) is 0 Å². The van der Waals surface area contributed by atoms with E-state index in [-0.39, 0.29) is 5.92 Å². The van der Waals surface area contributed by atoms with Crippen molar-refractivity contribution in [3.8, 4) is 11.3 Å². The Morgan fingerprint density at radius 1 is 0.978 bits per heavy atom. The molecule has 3 aliphatic heterocycles. The lowest BCUT2D eigenvalue weighted by Gasteiger charge is -2.36. The van der Waals surface area contributed by atoms with E-state index in [1.54, 1.807) is 19.9 Å². The highest BCUT2D eigenvalue weighted by molar-refractivity contribution is 7.90. The Kier molecular flexibility index (Phi) is 6.86. The number of aromatic nitrogens is 1. The first-order chi connectivity index (χ1) is 21.6. The second-order valence-corrected chi connectivity index (χ2v) is 17.2. The number of sulfonamides is 1. The normalized spacial score (nSPS) is 29.6. The molecular formula is C36H45N4O4S+. The summed E-state index contributed by atoms with van der Waals surface area (Å²) in [6.07, 6.45) is 8.98. The van der Waals surface area contributed by atoms with E-state index in [4.69, 9.17) is 0 Å². The van der Waals surface area contributed by atoms with Crippen molar-refractivity contribution in [2.45, 2.75) is 101 Å². The van der Waals surface area contributed by atoms with Crippen LogP contribution < -0.4 is 9.62 Å². The number of rotatable bonds is 5. The molecule has 4 atom stereocenters. The molecule has 2 bridgehead atoms. The van der Waals surface area contributed by atoms with E-state index in [1.165, 1.54) is 46.5 Å². The molecule has 8 nitrogen and oxygen atoms in total. The van der Waals surface area contributed by atoms with Crippen LogP contribution in [0.3, 0.4) is 0 Å². The number of carbonyl (C=O) groups excluding carboxylic acids is 2. The fourth-order valence-electron chi connectivity index (χ4n) is 9.50. The number of nitrogens with zero attached hydrogens (tertiary/aromatic N) is 2. The molecule has 238 valence electrons. The van der Waals surface area contributed by atoms with E-state index in [9.17, 15) is 18.0 Å². The monoisotopic (exact) mass is 629 g/mol. The SMILES string of the molecule is CC(C)S(=O)(=O)NC(=O)c1ccc2c(C3CCCCC3)c3n(c2c1)CC1(C(=O)[NH+]2C4CCC2CN(C)C4)CC1c1ccccc1-3. The number of hydrogen-bond acceptors (Lipinski definition) is 5. The van der Waals surface area contributed by atoms with Gasteiger partial charge in [-0.15, -0.1) is 0 Å². The minimum absolute atomic E-state index is 0.185. The maximum atomic E-state index is 14.9. The van der Waals surface area contributed by atoms with Crippen LogP contribution in [0.5, 0.6) is 0 Å². The number of hydrogen-bond donors (Lipinski definition) is 2. The van der Waals surface area contributed by atoms with Crippen LogP contribution in [0, 0.1) is 5.41 Å². The molecule has 3 aromatic rings. The summed E-state index contributed by atoms with van der Waals surface area (Å²) in [5.41, 5.74) is 5.83. The predicted octanol–water partition coefficient (Wildman–Crippen LogP) is 4.20. The largest absolute Gasteiger partial charge is 0.339 e. The third-order valence-electron chi connectivity index (χ3n) is 11.9. The van der Waals surface area contributed by atoms with Gasteiger partial charge in [-0.1, -0.05) is 49.6 Å². The lowest BCUT2D eigenvalue weighted by Crippen LogP contribution is -3.22. The molecule has 2 aliphatic carbocycles. The highest BCUT2D eigenvalue weighted by Gasteiger charge is 2.68. The third kappa shape index (κ3) is 4.55. The Morgan fingerprint density at radius 3 is 2.40 bits per heavy atom. The van der Waals surface area contributed by atoms with E-state index in [0.717, 1.165) is 56.1 Å². The molecule has 2 N–H and O–H groups in total. The summed E-state index contributed by atoms with van der Waals surface area (Å²) in [4.78, 5) is 31.8. The smallest absolute Gasteiger partial charge is 0.321 e. The topological polar surface area (TPSA) is 92.9 Å². The van der Waals surface area contributed by atoms with E-state index in [1.807, 2.05) is 12.1 Å². The van der Waals surface area contributed by atoms with Crippen LogP contribution in [0.25, 0.3) is 22.2 Å². The van der Waals surface area contributed by atoms with Gasteiger partial charge in [0.2, 0.25) is 10.0 Å². The minimum atomic E-state index is -3.78. The molecule has 8 rings (SSSR count). The molecule has 9 heteroatoms. The molecule has 5 aliphatic rings. The van der Waals surface area contributed by atoms with Crippen molar-refractivity contribution in [2.24, 2.45) is 5.41 Å². The highest BCUT2D eigenvalue weighted by Crippen LogP contribution is 2.65. The quantitative estimate of drug-likeness (QED) is 0.442. The summed E-state index contributed by atoms with van der Waals surface area (Å²) in [5, 5.41) is 0.415. The lowest BCUT2D eigenvalue weighted by atomic mass is 9.81. The number of fused-ring (bicyclic) bond motifs is 9. The van der Waals surface area contributed by atoms with Gasteiger partial charge < -0.3 is 4.57 Å². The summed E-state index contributed by atoms with van der Waals surface area (Å²) in [5.74, 6) is 0.369. The molecule has 2 aromatic carbocycles. The summed E-state index contributed by atoms with van der Waals surface area (Å²) in [7, 11) is -1.60. The summed E-state index contributed by atoms with van der Waals surface area (Å²) < 4.78 is 29.9. The van der Waals surface area contributed by atoms with Gasteiger partial charge in [-0.25, -0.2) is 17.9 Å². The number of nitrogens with one attached hydrogen (secondary N) is 2. The molecule has 2 saturated carbocycles. The van der Waals surface area contributed by atoms with Crippen molar-refractivity contribution in [1.29, 1.82) is 0 Å². The Hall–Kier alpha value is -3.01. The van der Waals surface area contributed by atoms with Gasteiger partial charge >= 0.3 is 5.91 Å². The number of carbonyl (C=O) groups is 2. The summed E-state index contributed by atoms with van der Waals surface area (Å²) in [6, 6.07) is 15.1. The summed E-state index contributed by atoms with van der Waals surface area (Å²) in [6.45, 7) is 5.66. The first-order valence-electron chi connectivity index (χ1n) is 17.0. The first kappa shape index (κ1) is 29.4. The third-order valence-corrected chi connectivity index (χ3v) is 13.6. The van der Waals surface area contributed by atoms with Crippen LogP contribution in [0.4, 0.5) is 0 Å². The fraction of sp³-hybridized carbons (Fsp3) is 0.556. The standard InChI is InChI=1S/C36H44N4O4S/c1-22(2)45(43,44)37-34(41)24-13-16-29-31(17-24)39-21-36(35(42)40-25-14-15-26(40)20-38(3)19-25)18-30(36)27-11-7-8-12-28(27)33(39)32(29)23-9-5-4-6-10-23/h7-8,11-13,16-17,22-23,25-26,30H,4-6,9-10,14-15,18-21H2,1-3H3,(H,37,41)/p+1. The summed E-state index contributed by atoms with van der Waals surface area (Å²) >= 11 is 0. The second kappa shape index (κ2) is 10.5. The molecule has 2 saturated heterocycles. The highest BCUT2D eigenvalue weighted by atomic mass is 32.2. The number of likely N-dealkylation sites (N-methyl/N-ethyl adjacent to an activating group) is 1. The van der Waals surface area contributed by atoms with Gasteiger partial charge in [0, 0.05) is 47.3 Å². The molecule has 0 radical (unpaired) electrons. The molecule has 4 fully saturated rings. The number of piperazine rings is 1. The second-order valence-electron chi connectivity index (χ2n) is 14.9. The van der Waals surface area contributed by atoms with Crippen molar-refractivity contribution in [1.82, 2.24) is 14.2 Å². The van der Waals surface area contributed by atoms with Gasteiger partial charge in [0.1, 0.15) is 17.5 Å². The Bertz CT molecular complexity index is 1810. The Morgan fingerprint density at radius 2 is 1.69 bits per heavy atom. The van der Waals surface area contributed by atoms with Crippen LogP contribution in [0.1, 0.15) is 98.5 Å². The van der Waals surface area contributed by atoms with Crippen molar-refractivity contribution >= 4 is 32.7 Å². The van der Waals surface area contributed by atoms with Crippen LogP contribution in [0.2, 0.25) is 0 Å². The van der Waals surface area contributed by atoms with Crippen LogP contribution in [-0.2, 0) is 21.4 Å². The van der Waals surface area contributed by atoms with Crippen LogP contribution >= 0.6 is 0 Å². The number of quaternary nitrogens is 1. The first-order valence-corrected chi connectivity index (χ1v) is 18.5. The van der Waals surface area contributed by atoms with E-state index in [2.05, 4.69) is 45.5 Å². The molecule has 1 aromatic heterocycles. The maximum Gasteiger partial charge on any atom is 0.321 e. The predicted molar refractivity (Wildman–Crippen MR) is 175 cm³/mol. The molecule has 4 unspecified atom stereocenters. The van der Waals surface area contributed by atoms with Gasteiger partial charge in [-0.05, 0) is 69.3 Å². The minimum Gasteiger partial charge on any atom is -0.339 e. The maximum absolute atomic E-state index is 14.9. The van der Waals surface area contributed by atoms with Crippen LogP contribution in [0.15, 0.2) is 42.5 Å².